The van der Waals surface area contributed by atoms with Crippen molar-refractivity contribution in [3.05, 3.63) is 35.1 Å². The Morgan fingerprint density at radius 2 is 1.56 bits per heavy atom. The summed E-state index contributed by atoms with van der Waals surface area (Å²) >= 11 is 0. The molecule has 0 aliphatic rings. The zero-order chi connectivity index (χ0) is 12.7. The molecule has 9 heteroatoms. The molecule has 1 aromatic rings. The highest BCUT2D eigenvalue weighted by Gasteiger charge is 2.48. The van der Waals surface area contributed by atoms with E-state index in [9.17, 15) is 30.4 Å². The molecule has 0 aliphatic heterocycles. The molecule has 0 radical (unpaired) electrons. The topological polar surface area (TPSA) is 34.1 Å². The molecule has 0 saturated heterocycles. The van der Waals surface area contributed by atoms with Gasteiger partial charge >= 0.3 is 14.3 Å². The monoisotopic (exact) mass is 280 g/mol. The lowest BCUT2D eigenvalue weighted by atomic mass is 10.2. The SMILES string of the molecule is O=S(=O)(Cl)C(F)(F)c1ccc(F)c(F)c1F. The molecule has 0 saturated carbocycles. The molecule has 0 bridgehead atoms. The van der Waals surface area contributed by atoms with E-state index in [1.165, 1.54) is 0 Å². The Bertz CT molecular complexity index is 528. The minimum atomic E-state index is -5.50. The maximum Gasteiger partial charge on any atom is 0.387 e. The summed E-state index contributed by atoms with van der Waals surface area (Å²) in [5.41, 5.74) is -1.85. The van der Waals surface area contributed by atoms with Crippen LogP contribution in [0.4, 0.5) is 22.0 Å². The predicted molar refractivity (Wildman–Crippen MR) is 45.0 cm³/mol. The summed E-state index contributed by atoms with van der Waals surface area (Å²) < 4.78 is 84.7. The van der Waals surface area contributed by atoms with Gasteiger partial charge in [0.15, 0.2) is 17.5 Å². The molecular formula is C7H2ClF5O2S. The van der Waals surface area contributed by atoms with Gasteiger partial charge in [-0.3, -0.25) is 0 Å². The Labute approximate surface area is 91.1 Å². The molecule has 0 atom stereocenters. The van der Waals surface area contributed by atoms with Crippen molar-refractivity contribution < 1.29 is 30.4 Å². The van der Waals surface area contributed by atoms with Crippen LogP contribution in [-0.2, 0) is 14.3 Å². The van der Waals surface area contributed by atoms with Crippen LogP contribution in [0.25, 0.3) is 0 Å². The molecule has 1 rings (SSSR count). The molecule has 0 heterocycles. The van der Waals surface area contributed by atoms with E-state index < -0.39 is 37.3 Å². The van der Waals surface area contributed by atoms with Crippen LogP contribution in [0, 0.1) is 17.5 Å². The highest BCUT2D eigenvalue weighted by atomic mass is 35.7. The highest BCUT2D eigenvalue weighted by molar-refractivity contribution is 8.14. The molecule has 0 unspecified atom stereocenters. The van der Waals surface area contributed by atoms with Crippen LogP contribution in [0.5, 0.6) is 0 Å². The molecule has 0 amide bonds. The molecule has 1 aromatic carbocycles. The number of hydrogen-bond donors (Lipinski definition) is 0. The van der Waals surface area contributed by atoms with E-state index in [0.717, 1.165) is 0 Å². The Morgan fingerprint density at radius 1 is 1.06 bits per heavy atom. The van der Waals surface area contributed by atoms with Crippen molar-refractivity contribution in [3.8, 4) is 0 Å². The van der Waals surface area contributed by atoms with E-state index in [1.54, 1.807) is 0 Å². The summed E-state index contributed by atoms with van der Waals surface area (Å²) in [5, 5.41) is -4.84. The van der Waals surface area contributed by atoms with E-state index in [1.807, 2.05) is 0 Å². The van der Waals surface area contributed by atoms with Crippen molar-refractivity contribution in [1.82, 2.24) is 0 Å². The summed E-state index contributed by atoms with van der Waals surface area (Å²) in [6, 6.07) is 0.275. The molecule has 16 heavy (non-hydrogen) atoms. The molecule has 0 aliphatic carbocycles. The van der Waals surface area contributed by atoms with Crippen molar-refractivity contribution in [2.45, 2.75) is 5.25 Å². The third-order valence-corrected chi connectivity index (χ3v) is 3.07. The minimum Gasteiger partial charge on any atom is -0.205 e. The Kier molecular flexibility index (Phi) is 3.17. The molecule has 0 aromatic heterocycles. The van der Waals surface area contributed by atoms with E-state index >= 15 is 0 Å². The van der Waals surface area contributed by atoms with Gasteiger partial charge in [-0.25, -0.2) is 21.6 Å². The molecule has 2 nitrogen and oxygen atoms in total. The predicted octanol–water partition coefficient (Wildman–Crippen LogP) is 2.72. The average molecular weight is 281 g/mol. The summed E-state index contributed by atoms with van der Waals surface area (Å²) in [5.74, 6) is -6.21. The van der Waals surface area contributed by atoms with Crippen LogP contribution in [-0.4, -0.2) is 8.42 Å². The largest absolute Gasteiger partial charge is 0.387 e. The van der Waals surface area contributed by atoms with Gasteiger partial charge in [0.1, 0.15) is 0 Å². The van der Waals surface area contributed by atoms with Gasteiger partial charge in [-0.05, 0) is 12.1 Å². The van der Waals surface area contributed by atoms with Gasteiger partial charge in [0, 0.05) is 10.7 Å². The molecule has 0 spiro atoms. The number of alkyl halides is 2. The first kappa shape index (κ1) is 13.2. The van der Waals surface area contributed by atoms with Crippen LogP contribution in [0.15, 0.2) is 12.1 Å². The second-order valence-electron chi connectivity index (χ2n) is 2.68. The lowest BCUT2D eigenvalue weighted by Gasteiger charge is -2.13. The van der Waals surface area contributed by atoms with Crippen molar-refractivity contribution >= 4 is 19.7 Å². The highest BCUT2D eigenvalue weighted by Crippen LogP contribution is 2.38. The summed E-state index contributed by atoms with van der Waals surface area (Å²) in [7, 11) is -1.13. The first-order valence-electron chi connectivity index (χ1n) is 3.55. The Morgan fingerprint density at radius 3 is 2.00 bits per heavy atom. The quantitative estimate of drug-likeness (QED) is 0.474. The second-order valence-corrected chi connectivity index (χ2v) is 5.28. The molecule has 0 fully saturated rings. The smallest absolute Gasteiger partial charge is 0.205 e. The average Bonchev–Trinajstić information content (AvgIpc) is 2.12. The molecule has 0 N–H and O–H groups in total. The van der Waals surface area contributed by atoms with Crippen LogP contribution in [0.2, 0.25) is 0 Å². The second kappa shape index (κ2) is 3.85. The van der Waals surface area contributed by atoms with Gasteiger partial charge in [0.25, 0.3) is 0 Å². The van der Waals surface area contributed by atoms with Crippen molar-refractivity contribution in [3.63, 3.8) is 0 Å². The van der Waals surface area contributed by atoms with Gasteiger partial charge in [-0.1, -0.05) is 0 Å². The van der Waals surface area contributed by atoms with E-state index in [0.29, 0.717) is 0 Å². The summed E-state index contributed by atoms with van der Waals surface area (Å²) in [4.78, 5) is 0. The number of rotatable bonds is 2. The fourth-order valence-electron chi connectivity index (χ4n) is 0.882. The van der Waals surface area contributed by atoms with Gasteiger partial charge in [0.05, 0.1) is 5.56 Å². The first-order valence-corrected chi connectivity index (χ1v) is 5.86. The zero-order valence-corrected chi connectivity index (χ0v) is 8.72. The van der Waals surface area contributed by atoms with Crippen molar-refractivity contribution in [1.29, 1.82) is 0 Å². The summed E-state index contributed by atoms with van der Waals surface area (Å²) in [6.45, 7) is 0. The van der Waals surface area contributed by atoms with E-state index in [-0.39, 0.29) is 12.1 Å². The van der Waals surface area contributed by atoms with Gasteiger partial charge < -0.3 is 0 Å². The lowest BCUT2D eigenvalue weighted by Crippen LogP contribution is -2.23. The standard InChI is InChI=1S/C7H2ClF5O2S/c8-16(14,15)7(12,13)3-1-2-4(9)6(11)5(3)10/h1-2H. The first-order chi connectivity index (χ1) is 7.09. The fraction of sp³-hybridized carbons (Fsp3) is 0.143. The maximum atomic E-state index is 13.0. The van der Waals surface area contributed by atoms with Crippen LogP contribution in [0.1, 0.15) is 5.56 Å². The Hall–Kier alpha value is -0.890. The van der Waals surface area contributed by atoms with Crippen LogP contribution in [0.3, 0.4) is 0 Å². The van der Waals surface area contributed by atoms with Crippen LogP contribution >= 0.6 is 10.7 Å². The lowest BCUT2D eigenvalue weighted by molar-refractivity contribution is 0.0880. The maximum absolute atomic E-state index is 13.0. The molecular weight excluding hydrogens is 279 g/mol. The van der Waals surface area contributed by atoms with E-state index in [4.69, 9.17) is 0 Å². The Balaban J connectivity index is 3.53. The normalized spacial score (nSPS) is 12.9. The van der Waals surface area contributed by atoms with Gasteiger partial charge in [-0.15, -0.1) is 0 Å². The fourth-order valence-corrected chi connectivity index (χ4v) is 1.55. The van der Waals surface area contributed by atoms with Gasteiger partial charge in [-0.2, -0.15) is 8.78 Å². The minimum absolute atomic E-state index is 0.105. The number of halogens is 6. The number of benzene rings is 1. The third-order valence-electron chi connectivity index (χ3n) is 1.65. The molecule has 90 valence electrons. The summed E-state index contributed by atoms with van der Waals surface area (Å²) in [6.07, 6.45) is 0. The van der Waals surface area contributed by atoms with Gasteiger partial charge in [0.2, 0.25) is 0 Å². The van der Waals surface area contributed by atoms with Crippen molar-refractivity contribution in [2.75, 3.05) is 0 Å². The van der Waals surface area contributed by atoms with E-state index in [2.05, 4.69) is 10.7 Å². The van der Waals surface area contributed by atoms with Crippen molar-refractivity contribution in [2.24, 2.45) is 0 Å². The van der Waals surface area contributed by atoms with Crippen LogP contribution < -0.4 is 0 Å². The number of hydrogen-bond acceptors (Lipinski definition) is 2. The third kappa shape index (κ3) is 1.99. The zero-order valence-electron chi connectivity index (χ0n) is 7.15.